The first-order valence-electron chi connectivity index (χ1n) is 8.19. The van der Waals surface area contributed by atoms with Crippen LogP contribution in [0.25, 0.3) is 0 Å². The number of rotatable bonds is 3. The topological polar surface area (TPSA) is 41.1 Å². The van der Waals surface area contributed by atoms with Gasteiger partial charge in [0, 0.05) is 6.54 Å². The van der Waals surface area contributed by atoms with Crippen LogP contribution < -0.4 is 10.6 Å². The van der Waals surface area contributed by atoms with E-state index in [-0.39, 0.29) is 11.9 Å². The molecule has 3 nitrogen and oxygen atoms in total. The van der Waals surface area contributed by atoms with E-state index in [2.05, 4.69) is 17.6 Å². The zero-order valence-corrected chi connectivity index (χ0v) is 12.2. The molecule has 2 aliphatic carbocycles. The van der Waals surface area contributed by atoms with Crippen molar-refractivity contribution in [3.63, 3.8) is 0 Å². The van der Waals surface area contributed by atoms with Crippen molar-refractivity contribution in [2.24, 2.45) is 17.3 Å². The molecule has 3 heteroatoms. The number of carbonyl (C=O) groups excluding carboxylic acids is 1. The molecule has 2 saturated carbocycles. The highest BCUT2D eigenvalue weighted by Gasteiger charge is 2.42. The van der Waals surface area contributed by atoms with Gasteiger partial charge in [-0.05, 0) is 49.5 Å². The van der Waals surface area contributed by atoms with E-state index in [1.807, 2.05) is 0 Å². The van der Waals surface area contributed by atoms with Gasteiger partial charge in [-0.3, -0.25) is 4.79 Å². The van der Waals surface area contributed by atoms with E-state index >= 15 is 0 Å². The number of hydrogen-bond acceptors (Lipinski definition) is 2. The van der Waals surface area contributed by atoms with Crippen molar-refractivity contribution in [2.75, 3.05) is 13.1 Å². The van der Waals surface area contributed by atoms with E-state index < -0.39 is 0 Å². The van der Waals surface area contributed by atoms with Gasteiger partial charge in [-0.2, -0.15) is 0 Å². The van der Waals surface area contributed by atoms with Gasteiger partial charge >= 0.3 is 0 Å². The maximum atomic E-state index is 12.4. The molecule has 0 radical (unpaired) electrons. The van der Waals surface area contributed by atoms with Crippen LogP contribution in [0.15, 0.2) is 0 Å². The average molecular weight is 264 g/mol. The predicted molar refractivity (Wildman–Crippen MR) is 76.8 cm³/mol. The second-order valence-corrected chi connectivity index (χ2v) is 7.33. The van der Waals surface area contributed by atoms with Gasteiger partial charge in [0.05, 0.1) is 6.04 Å². The van der Waals surface area contributed by atoms with Crippen molar-refractivity contribution >= 4 is 5.91 Å². The Hall–Kier alpha value is -0.570. The molecule has 3 unspecified atom stereocenters. The first kappa shape index (κ1) is 13.4. The Morgan fingerprint density at radius 3 is 2.79 bits per heavy atom. The van der Waals surface area contributed by atoms with Crippen LogP contribution in [0.3, 0.4) is 0 Å². The van der Waals surface area contributed by atoms with Crippen LogP contribution >= 0.6 is 0 Å². The molecule has 1 saturated heterocycles. The first-order valence-corrected chi connectivity index (χ1v) is 8.19. The second-order valence-electron chi connectivity index (χ2n) is 7.33. The fourth-order valence-corrected chi connectivity index (χ4v) is 4.47. The smallest absolute Gasteiger partial charge is 0.237 e. The Labute approximate surface area is 116 Å². The lowest BCUT2D eigenvalue weighted by Gasteiger charge is -2.34. The maximum absolute atomic E-state index is 12.4. The molecule has 0 bridgehead atoms. The standard InChI is InChI=1S/C16H28N2O/c1-16(8-3-2-4-9-16)11-18-15(19)14-13-7-5-6-12(13)10-17-14/h12-14,17H,2-11H2,1H3,(H,18,19). The third-order valence-electron chi connectivity index (χ3n) is 5.78. The van der Waals surface area contributed by atoms with Gasteiger partial charge < -0.3 is 10.6 Å². The van der Waals surface area contributed by atoms with Crippen LogP contribution in [-0.4, -0.2) is 25.0 Å². The lowest BCUT2D eigenvalue weighted by molar-refractivity contribution is -0.124. The minimum absolute atomic E-state index is 0.0969. The summed E-state index contributed by atoms with van der Waals surface area (Å²) in [6, 6.07) is 0.0969. The third-order valence-corrected chi connectivity index (χ3v) is 5.78. The highest BCUT2D eigenvalue weighted by atomic mass is 16.2. The molecule has 3 atom stereocenters. The van der Waals surface area contributed by atoms with Crippen LogP contribution in [0, 0.1) is 17.3 Å². The molecule has 3 aliphatic rings. The summed E-state index contributed by atoms with van der Waals surface area (Å²) in [6.45, 7) is 4.27. The summed E-state index contributed by atoms with van der Waals surface area (Å²) in [7, 11) is 0. The van der Waals surface area contributed by atoms with E-state index in [0.717, 1.165) is 19.0 Å². The number of hydrogen-bond donors (Lipinski definition) is 2. The molecule has 19 heavy (non-hydrogen) atoms. The Balaban J connectivity index is 1.51. The number of amides is 1. The normalized spacial score (nSPS) is 37.0. The summed E-state index contributed by atoms with van der Waals surface area (Å²) < 4.78 is 0. The van der Waals surface area contributed by atoms with E-state index in [9.17, 15) is 4.79 Å². The lowest BCUT2D eigenvalue weighted by atomic mass is 9.75. The summed E-state index contributed by atoms with van der Waals surface area (Å²) in [4.78, 5) is 12.4. The summed E-state index contributed by atoms with van der Waals surface area (Å²) in [5.74, 6) is 1.64. The molecule has 0 aromatic rings. The van der Waals surface area contributed by atoms with E-state index in [1.165, 1.54) is 51.4 Å². The van der Waals surface area contributed by atoms with E-state index in [1.54, 1.807) is 0 Å². The molecule has 2 N–H and O–H groups in total. The summed E-state index contributed by atoms with van der Waals surface area (Å²) in [5.41, 5.74) is 0.349. The Morgan fingerprint density at radius 2 is 2.00 bits per heavy atom. The number of nitrogens with one attached hydrogen (secondary N) is 2. The Kier molecular flexibility index (Phi) is 3.84. The van der Waals surface area contributed by atoms with Gasteiger partial charge in [0.25, 0.3) is 0 Å². The van der Waals surface area contributed by atoms with Gasteiger partial charge in [0.2, 0.25) is 5.91 Å². The molecular formula is C16H28N2O. The van der Waals surface area contributed by atoms with Crippen LogP contribution in [0.4, 0.5) is 0 Å². The highest BCUT2D eigenvalue weighted by Crippen LogP contribution is 2.38. The molecule has 3 rings (SSSR count). The average Bonchev–Trinajstić information content (AvgIpc) is 2.99. The molecule has 1 amide bonds. The summed E-state index contributed by atoms with van der Waals surface area (Å²) in [5, 5.41) is 6.69. The fraction of sp³-hybridized carbons (Fsp3) is 0.938. The van der Waals surface area contributed by atoms with Crippen LogP contribution in [0.5, 0.6) is 0 Å². The molecule has 1 aliphatic heterocycles. The van der Waals surface area contributed by atoms with Gasteiger partial charge in [-0.1, -0.05) is 32.6 Å². The predicted octanol–water partition coefficient (Wildman–Crippen LogP) is 2.46. The lowest BCUT2D eigenvalue weighted by Crippen LogP contribution is -2.47. The third kappa shape index (κ3) is 2.81. The minimum atomic E-state index is 0.0969. The minimum Gasteiger partial charge on any atom is -0.354 e. The van der Waals surface area contributed by atoms with Crippen molar-refractivity contribution in [3.05, 3.63) is 0 Å². The summed E-state index contributed by atoms with van der Waals surface area (Å²) >= 11 is 0. The van der Waals surface area contributed by atoms with Crippen LogP contribution in [0.1, 0.15) is 58.3 Å². The monoisotopic (exact) mass is 264 g/mol. The Bertz CT molecular complexity index is 336. The molecule has 0 spiro atoms. The van der Waals surface area contributed by atoms with Crippen LogP contribution in [0.2, 0.25) is 0 Å². The zero-order chi connectivity index (χ0) is 13.3. The Morgan fingerprint density at radius 1 is 1.21 bits per heavy atom. The quantitative estimate of drug-likeness (QED) is 0.822. The summed E-state index contributed by atoms with van der Waals surface area (Å²) in [6.07, 6.45) is 10.5. The van der Waals surface area contributed by atoms with Crippen molar-refractivity contribution in [3.8, 4) is 0 Å². The van der Waals surface area contributed by atoms with Gasteiger partial charge in [0.1, 0.15) is 0 Å². The van der Waals surface area contributed by atoms with Crippen molar-refractivity contribution in [1.82, 2.24) is 10.6 Å². The molecular weight excluding hydrogens is 236 g/mol. The van der Waals surface area contributed by atoms with Gasteiger partial charge in [0.15, 0.2) is 0 Å². The van der Waals surface area contributed by atoms with Crippen molar-refractivity contribution < 1.29 is 4.79 Å². The fourth-order valence-electron chi connectivity index (χ4n) is 4.47. The zero-order valence-electron chi connectivity index (χ0n) is 12.2. The second kappa shape index (κ2) is 5.43. The largest absolute Gasteiger partial charge is 0.354 e. The van der Waals surface area contributed by atoms with Gasteiger partial charge in [-0.25, -0.2) is 0 Å². The number of carbonyl (C=O) groups is 1. The molecule has 3 fully saturated rings. The van der Waals surface area contributed by atoms with E-state index in [0.29, 0.717) is 11.3 Å². The van der Waals surface area contributed by atoms with Crippen molar-refractivity contribution in [1.29, 1.82) is 0 Å². The number of fused-ring (bicyclic) bond motifs is 1. The molecule has 108 valence electrons. The SMILES string of the molecule is CC1(CNC(=O)C2NCC3CCCC32)CCCCC1. The van der Waals surface area contributed by atoms with Gasteiger partial charge in [-0.15, -0.1) is 0 Å². The molecule has 1 heterocycles. The highest BCUT2D eigenvalue weighted by molar-refractivity contribution is 5.82. The molecule has 0 aromatic heterocycles. The molecule has 0 aromatic carbocycles. The maximum Gasteiger partial charge on any atom is 0.237 e. The van der Waals surface area contributed by atoms with Crippen LogP contribution in [-0.2, 0) is 4.79 Å². The first-order chi connectivity index (χ1) is 9.18. The van der Waals surface area contributed by atoms with Crippen molar-refractivity contribution in [2.45, 2.75) is 64.3 Å². The van der Waals surface area contributed by atoms with E-state index in [4.69, 9.17) is 0 Å².